The zero-order valence-corrected chi connectivity index (χ0v) is 6.60. The van der Waals surface area contributed by atoms with E-state index in [2.05, 4.69) is 10.1 Å². The van der Waals surface area contributed by atoms with Gasteiger partial charge in [0.1, 0.15) is 0 Å². The Morgan fingerprint density at radius 1 is 1.70 bits per heavy atom. The molecule has 0 spiro atoms. The lowest BCUT2D eigenvalue weighted by atomic mass is 10.2. The van der Waals surface area contributed by atoms with Gasteiger partial charge in [-0.25, -0.2) is 4.79 Å². The molecule has 0 aromatic heterocycles. The number of hydrogen-bond acceptors (Lipinski definition) is 3. The fourth-order valence-corrected chi connectivity index (χ4v) is 0.611. The number of rotatable bonds is 3. The molecule has 0 aliphatic carbocycles. The summed E-state index contributed by atoms with van der Waals surface area (Å²) in [4.78, 5) is 10.8. The zero-order valence-electron chi connectivity index (χ0n) is 6.60. The Kier molecular flexibility index (Phi) is 4.37. The van der Waals surface area contributed by atoms with Gasteiger partial charge >= 0.3 is 5.97 Å². The van der Waals surface area contributed by atoms with Crippen LogP contribution in [0.4, 0.5) is 0 Å². The van der Waals surface area contributed by atoms with E-state index in [-0.39, 0.29) is 5.97 Å². The third-order valence-electron chi connectivity index (χ3n) is 1.15. The fraction of sp³-hybridized carbons (Fsp3) is 0.571. The first-order chi connectivity index (χ1) is 4.76. The maximum Gasteiger partial charge on any atom is 0.335 e. The van der Waals surface area contributed by atoms with E-state index in [0.717, 1.165) is 0 Å². The van der Waals surface area contributed by atoms with E-state index in [0.29, 0.717) is 12.0 Å². The van der Waals surface area contributed by atoms with Gasteiger partial charge in [-0.1, -0.05) is 6.92 Å². The number of ether oxygens (including phenoxy) is 1. The number of esters is 1. The van der Waals surface area contributed by atoms with Crippen LogP contribution in [0, 0.1) is 0 Å². The van der Waals surface area contributed by atoms with Crippen molar-refractivity contribution in [2.45, 2.75) is 13.3 Å². The molecule has 0 fully saturated rings. The Morgan fingerprint density at radius 2 is 2.30 bits per heavy atom. The second kappa shape index (κ2) is 4.85. The third kappa shape index (κ3) is 2.53. The smallest absolute Gasteiger partial charge is 0.335 e. The first-order valence-corrected chi connectivity index (χ1v) is 3.20. The summed E-state index contributed by atoms with van der Waals surface area (Å²) in [5.41, 5.74) is 0.657. The van der Waals surface area contributed by atoms with Crippen LogP contribution in [0.5, 0.6) is 0 Å². The summed E-state index contributed by atoms with van der Waals surface area (Å²) in [5.74, 6) is -0.267. The molecule has 0 radical (unpaired) electrons. The molecule has 0 unspecified atom stereocenters. The monoisotopic (exact) mass is 143 g/mol. The van der Waals surface area contributed by atoms with Gasteiger partial charge in [0.05, 0.1) is 12.7 Å². The average Bonchev–Trinajstić information content (AvgIpc) is 1.99. The van der Waals surface area contributed by atoms with Crippen LogP contribution in [-0.4, -0.2) is 20.1 Å². The minimum atomic E-state index is -0.267. The maximum absolute atomic E-state index is 10.8. The molecule has 3 heteroatoms. The van der Waals surface area contributed by atoms with E-state index in [1.165, 1.54) is 7.11 Å². The van der Waals surface area contributed by atoms with Gasteiger partial charge in [0, 0.05) is 13.2 Å². The highest BCUT2D eigenvalue weighted by atomic mass is 16.5. The molecular formula is C7H13NO2. The van der Waals surface area contributed by atoms with Crippen molar-refractivity contribution in [3.8, 4) is 0 Å². The summed E-state index contributed by atoms with van der Waals surface area (Å²) in [5, 5.41) is 2.77. The molecule has 0 aromatic carbocycles. The molecule has 0 rings (SSSR count). The highest BCUT2D eigenvalue weighted by Gasteiger charge is 2.04. The van der Waals surface area contributed by atoms with E-state index in [1.807, 2.05) is 6.92 Å². The lowest BCUT2D eigenvalue weighted by Gasteiger charge is -2.00. The molecule has 0 bridgehead atoms. The van der Waals surface area contributed by atoms with Gasteiger partial charge in [-0.2, -0.15) is 0 Å². The summed E-state index contributed by atoms with van der Waals surface area (Å²) in [6.07, 6.45) is 2.33. The standard InChI is InChI=1S/C7H13NO2/c1-4-6(5-8-2)7(9)10-3/h5,8H,4H2,1-3H3/b6-5+. The largest absolute Gasteiger partial charge is 0.466 e. The quantitative estimate of drug-likeness (QED) is 0.466. The number of methoxy groups -OCH3 is 1. The van der Waals surface area contributed by atoms with Crippen LogP contribution in [0.25, 0.3) is 0 Å². The molecule has 0 amide bonds. The molecule has 0 aliphatic rings. The van der Waals surface area contributed by atoms with Crippen molar-refractivity contribution in [2.24, 2.45) is 0 Å². The van der Waals surface area contributed by atoms with Crippen molar-refractivity contribution in [3.63, 3.8) is 0 Å². The Labute approximate surface area is 61.1 Å². The van der Waals surface area contributed by atoms with Gasteiger partial charge in [-0.15, -0.1) is 0 Å². The van der Waals surface area contributed by atoms with Crippen LogP contribution in [0.3, 0.4) is 0 Å². The molecule has 10 heavy (non-hydrogen) atoms. The SMILES string of the molecule is CC/C(=C\NC)C(=O)OC. The van der Waals surface area contributed by atoms with Crippen LogP contribution in [-0.2, 0) is 9.53 Å². The second-order valence-corrected chi connectivity index (χ2v) is 1.80. The molecule has 0 aliphatic heterocycles. The molecule has 58 valence electrons. The van der Waals surface area contributed by atoms with Crippen LogP contribution in [0.15, 0.2) is 11.8 Å². The number of nitrogens with one attached hydrogen (secondary N) is 1. The molecule has 0 saturated heterocycles. The first kappa shape index (κ1) is 9.01. The number of hydrogen-bond donors (Lipinski definition) is 1. The molecule has 0 heterocycles. The molecule has 0 saturated carbocycles. The van der Waals surface area contributed by atoms with Gasteiger partial charge in [0.15, 0.2) is 0 Å². The van der Waals surface area contributed by atoms with Crippen molar-refractivity contribution in [3.05, 3.63) is 11.8 Å². The van der Waals surface area contributed by atoms with E-state index in [9.17, 15) is 4.79 Å². The Bertz CT molecular complexity index is 141. The Balaban J connectivity index is 4.06. The molecular weight excluding hydrogens is 130 g/mol. The van der Waals surface area contributed by atoms with Crippen molar-refractivity contribution in [1.82, 2.24) is 5.32 Å². The van der Waals surface area contributed by atoms with E-state index in [4.69, 9.17) is 0 Å². The van der Waals surface area contributed by atoms with Crippen LogP contribution in [0.2, 0.25) is 0 Å². The zero-order chi connectivity index (χ0) is 7.98. The van der Waals surface area contributed by atoms with E-state index in [1.54, 1.807) is 13.2 Å². The van der Waals surface area contributed by atoms with Gasteiger partial charge < -0.3 is 10.1 Å². The number of carbonyl (C=O) groups excluding carboxylic acids is 1. The average molecular weight is 143 g/mol. The summed E-state index contributed by atoms with van der Waals surface area (Å²) in [6.45, 7) is 1.90. The van der Waals surface area contributed by atoms with Gasteiger partial charge in [0.25, 0.3) is 0 Å². The van der Waals surface area contributed by atoms with Gasteiger partial charge in [0.2, 0.25) is 0 Å². The van der Waals surface area contributed by atoms with Crippen LogP contribution < -0.4 is 5.32 Å². The first-order valence-electron chi connectivity index (χ1n) is 3.20. The minimum absolute atomic E-state index is 0.267. The van der Waals surface area contributed by atoms with Gasteiger partial charge in [-0.3, -0.25) is 0 Å². The van der Waals surface area contributed by atoms with E-state index >= 15 is 0 Å². The van der Waals surface area contributed by atoms with Crippen molar-refractivity contribution >= 4 is 5.97 Å². The molecule has 1 N–H and O–H groups in total. The van der Waals surface area contributed by atoms with Crippen molar-refractivity contribution in [2.75, 3.05) is 14.2 Å². The summed E-state index contributed by atoms with van der Waals surface area (Å²) in [7, 11) is 3.13. The molecule has 0 atom stereocenters. The highest BCUT2D eigenvalue weighted by molar-refractivity contribution is 5.88. The fourth-order valence-electron chi connectivity index (χ4n) is 0.611. The lowest BCUT2D eigenvalue weighted by molar-refractivity contribution is -0.136. The summed E-state index contributed by atoms with van der Waals surface area (Å²) in [6, 6.07) is 0. The minimum Gasteiger partial charge on any atom is -0.466 e. The third-order valence-corrected chi connectivity index (χ3v) is 1.15. The maximum atomic E-state index is 10.8. The Morgan fingerprint density at radius 3 is 2.60 bits per heavy atom. The number of carbonyl (C=O) groups is 1. The van der Waals surface area contributed by atoms with Crippen molar-refractivity contribution < 1.29 is 9.53 Å². The summed E-state index contributed by atoms with van der Waals surface area (Å²) < 4.78 is 4.51. The topological polar surface area (TPSA) is 38.3 Å². The normalized spacial score (nSPS) is 10.9. The van der Waals surface area contributed by atoms with Gasteiger partial charge in [-0.05, 0) is 6.42 Å². The van der Waals surface area contributed by atoms with E-state index < -0.39 is 0 Å². The highest BCUT2D eigenvalue weighted by Crippen LogP contribution is 1.99. The Hall–Kier alpha value is -0.990. The lowest BCUT2D eigenvalue weighted by Crippen LogP contribution is -2.07. The molecule has 0 aromatic rings. The second-order valence-electron chi connectivity index (χ2n) is 1.80. The molecule has 3 nitrogen and oxygen atoms in total. The van der Waals surface area contributed by atoms with Crippen LogP contribution in [0.1, 0.15) is 13.3 Å². The van der Waals surface area contributed by atoms with Crippen LogP contribution >= 0.6 is 0 Å². The predicted molar refractivity (Wildman–Crippen MR) is 39.4 cm³/mol. The van der Waals surface area contributed by atoms with Crippen molar-refractivity contribution in [1.29, 1.82) is 0 Å². The predicted octanol–water partition coefficient (Wildman–Crippen LogP) is 0.673. The summed E-state index contributed by atoms with van der Waals surface area (Å²) >= 11 is 0.